The van der Waals surface area contributed by atoms with Crippen LogP contribution in [0.3, 0.4) is 0 Å². The van der Waals surface area contributed by atoms with Crippen LogP contribution in [0.2, 0.25) is 0 Å². The van der Waals surface area contributed by atoms with Gasteiger partial charge >= 0.3 is 5.97 Å². The minimum absolute atomic E-state index is 0.306. The molecule has 1 unspecified atom stereocenters. The van der Waals surface area contributed by atoms with Gasteiger partial charge in [0.15, 0.2) is 11.0 Å². The maximum Gasteiger partial charge on any atom is 0.335 e. The van der Waals surface area contributed by atoms with E-state index in [2.05, 4.69) is 4.72 Å². The van der Waals surface area contributed by atoms with Crippen LogP contribution in [0.15, 0.2) is 81.9 Å². The zero-order chi connectivity index (χ0) is 21.1. The van der Waals surface area contributed by atoms with Crippen molar-refractivity contribution in [1.82, 2.24) is 0 Å². The molecule has 152 valence electrons. The SMILES string of the molecule is Cc1ccc(SCc2ccccc2C(=O)O)c(NS(=O)c2cc3ccccc3s2)c1. The summed E-state index contributed by atoms with van der Waals surface area (Å²) in [6, 6.07) is 22.9. The third-order valence-electron chi connectivity index (χ3n) is 4.55. The monoisotopic (exact) mass is 453 g/mol. The molecule has 0 fully saturated rings. The fraction of sp³-hybridized carbons (Fsp3) is 0.0870. The quantitative estimate of drug-likeness (QED) is 0.321. The number of nitrogens with one attached hydrogen (secondary N) is 1. The average Bonchev–Trinajstić information content (AvgIpc) is 3.18. The zero-order valence-corrected chi connectivity index (χ0v) is 18.6. The van der Waals surface area contributed by atoms with Crippen LogP contribution in [0.5, 0.6) is 0 Å². The molecule has 1 aromatic heterocycles. The van der Waals surface area contributed by atoms with E-state index in [0.29, 0.717) is 11.3 Å². The Balaban J connectivity index is 1.56. The van der Waals surface area contributed by atoms with Gasteiger partial charge < -0.3 is 5.11 Å². The van der Waals surface area contributed by atoms with Gasteiger partial charge in [-0.3, -0.25) is 4.72 Å². The first kappa shape index (κ1) is 20.7. The predicted molar refractivity (Wildman–Crippen MR) is 126 cm³/mol. The summed E-state index contributed by atoms with van der Waals surface area (Å²) in [4.78, 5) is 12.4. The Morgan fingerprint density at radius 2 is 1.83 bits per heavy atom. The number of aromatic carboxylic acids is 1. The van der Waals surface area contributed by atoms with Crippen LogP contribution in [0.25, 0.3) is 10.1 Å². The van der Waals surface area contributed by atoms with Gasteiger partial charge in [0.25, 0.3) is 0 Å². The summed E-state index contributed by atoms with van der Waals surface area (Å²) < 4.78 is 18.0. The molecule has 0 aliphatic heterocycles. The molecule has 4 rings (SSSR count). The number of aryl methyl sites for hydroxylation is 1. The van der Waals surface area contributed by atoms with Gasteiger partial charge in [0.05, 0.1) is 11.3 Å². The molecule has 0 saturated heterocycles. The van der Waals surface area contributed by atoms with Crippen molar-refractivity contribution in [2.75, 3.05) is 4.72 Å². The van der Waals surface area contributed by atoms with Crippen molar-refractivity contribution in [3.8, 4) is 0 Å². The third kappa shape index (κ3) is 4.59. The molecule has 0 saturated carbocycles. The largest absolute Gasteiger partial charge is 0.478 e. The third-order valence-corrected chi connectivity index (χ3v) is 8.18. The minimum Gasteiger partial charge on any atom is -0.478 e. The highest BCUT2D eigenvalue weighted by atomic mass is 32.2. The number of rotatable bonds is 7. The standard InChI is InChI=1S/C23H19NO3S3/c1-15-10-11-21(28-14-17-7-2-4-8-18(17)23(25)26)19(12-15)24-30(27)22-13-16-6-3-5-9-20(16)29-22/h2-13,24H,14H2,1H3,(H,25,26). The highest BCUT2D eigenvalue weighted by molar-refractivity contribution is 7.98. The van der Waals surface area contributed by atoms with E-state index in [1.54, 1.807) is 12.1 Å². The molecular formula is C23H19NO3S3. The van der Waals surface area contributed by atoms with Gasteiger partial charge in [-0.1, -0.05) is 42.5 Å². The van der Waals surface area contributed by atoms with E-state index in [1.165, 1.54) is 23.1 Å². The molecule has 30 heavy (non-hydrogen) atoms. The first-order chi connectivity index (χ1) is 14.5. The first-order valence-electron chi connectivity index (χ1n) is 9.23. The fourth-order valence-corrected chi connectivity index (χ4v) is 6.31. The van der Waals surface area contributed by atoms with Crippen molar-refractivity contribution in [3.63, 3.8) is 0 Å². The van der Waals surface area contributed by atoms with Gasteiger partial charge in [0, 0.05) is 15.3 Å². The van der Waals surface area contributed by atoms with Gasteiger partial charge in [-0.15, -0.1) is 23.1 Å². The fourth-order valence-electron chi connectivity index (χ4n) is 3.06. The number of thioether (sulfide) groups is 1. The molecule has 0 aliphatic rings. The molecule has 0 aliphatic carbocycles. The second-order valence-corrected chi connectivity index (χ2v) is 10.3. The second kappa shape index (κ2) is 9.04. The topological polar surface area (TPSA) is 66.4 Å². The molecule has 0 radical (unpaired) electrons. The maximum atomic E-state index is 13.0. The molecule has 0 spiro atoms. The van der Waals surface area contributed by atoms with Crippen LogP contribution in [-0.4, -0.2) is 15.3 Å². The Morgan fingerprint density at radius 1 is 1.07 bits per heavy atom. The molecule has 3 aromatic carbocycles. The molecule has 1 heterocycles. The lowest BCUT2D eigenvalue weighted by Gasteiger charge is -2.12. The number of carboxylic acid groups (broad SMARTS) is 1. The summed E-state index contributed by atoms with van der Waals surface area (Å²) in [6.07, 6.45) is 0. The van der Waals surface area contributed by atoms with Crippen LogP contribution in [0.4, 0.5) is 5.69 Å². The Bertz CT molecular complexity index is 1220. The van der Waals surface area contributed by atoms with Crippen molar-refractivity contribution in [1.29, 1.82) is 0 Å². The number of carbonyl (C=O) groups is 1. The van der Waals surface area contributed by atoms with Gasteiger partial charge in [0.1, 0.15) is 4.21 Å². The minimum atomic E-state index is -1.38. The Morgan fingerprint density at radius 3 is 2.63 bits per heavy atom. The number of carboxylic acids is 1. The highest BCUT2D eigenvalue weighted by Crippen LogP contribution is 2.34. The van der Waals surface area contributed by atoms with Gasteiger partial charge in [0.2, 0.25) is 0 Å². The van der Waals surface area contributed by atoms with Gasteiger partial charge in [-0.2, -0.15) is 0 Å². The van der Waals surface area contributed by atoms with E-state index in [-0.39, 0.29) is 0 Å². The summed E-state index contributed by atoms with van der Waals surface area (Å²) in [5.41, 5.74) is 2.90. The lowest BCUT2D eigenvalue weighted by Crippen LogP contribution is -2.05. The first-order valence-corrected chi connectivity index (χ1v) is 12.2. The number of fused-ring (bicyclic) bond motifs is 1. The molecule has 1 atom stereocenters. The van der Waals surface area contributed by atoms with Crippen molar-refractivity contribution < 1.29 is 14.1 Å². The molecule has 0 bridgehead atoms. The lowest BCUT2D eigenvalue weighted by atomic mass is 10.1. The molecule has 2 N–H and O–H groups in total. The smallest absolute Gasteiger partial charge is 0.335 e. The lowest BCUT2D eigenvalue weighted by molar-refractivity contribution is 0.0696. The van der Waals surface area contributed by atoms with Gasteiger partial charge in [-0.05, 0) is 53.8 Å². The summed E-state index contributed by atoms with van der Waals surface area (Å²) in [6.45, 7) is 1.99. The molecule has 0 amide bonds. The van der Waals surface area contributed by atoms with E-state index < -0.39 is 17.0 Å². The molecule has 7 heteroatoms. The van der Waals surface area contributed by atoms with Crippen LogP contribution in [0.1, 0.15) is 21.5 Å². The Labute approximate surface area is 185 Å². The van der Waals surface area contributed by atoms with Crippen LogP contribution in [0, 0.1) is 6.92 Å². The number of thiophene rings is 1. The number of hydrogen-bond donors (Lipinski definition) is 2. The number of benzene rings is 3. The van der Waals surface area contributed by atoms with Crippen molar-refractivity contribution in [2.45, 2.75) is 21.8 Å². The normalized spacial score (nSPS) is 12.0. The number of anilines is 1. The summed E-state index contributed by atoms with van der Waals surface area (Å²) in [5, 5.41) is 10.5. The molecular weight excluding hydrogens is 434 g/mol. The second-order valence-electron chi connectivity index (χ2n) is 6.72. The van der Waals surface area contributed by atoms with Crippen molar-refractivity contribution in [3.05, 3.63) is 89.5 Å². The number of hydrogen-bond acceptors (Lipinski definition) is 4. The van der Waals surface area contributed by atoms with Crippen molar-refractivity contribution >= 4 is 55.8 Å². The van der Waals surface area contributed by atoms with Crippen molar-refractivity contribution in [2.24, 2.45) is 0 Å². The summed E-state index contributed by atoms with van der Waals surface area (Å²) in [5.74, 6) is -0.422. The maximum absolute atomic E-state index is 13.0. The van der Waals surface area contributed by atoms with E-state index in [1.807, 2.05) is 67.6 Å². The molecule has 4 aromatic rings. The summed E-state index contributed by atoms with van der Waals surface area (Å²) in [7, 11) is -1.38. The zero-order valence-electron chi connectivity index (χ0n) is 16.1. The van der Waals surface area contributed by atoms with E-state index in [9.17, 15) is 14.1 Å². The Hall–Kier alpha value is -2.61. The predicted octanol–water partition coefficient (Wildman–Crippen LogP) is 6.33. The van der Waals surface area contributed by atoms with E-state index in [0.717, 1.165) is 36.0 Å². The summed E-state index contributed by atoms with van der Waals surface area (Å²) >= 11 is 3.04. The van der Waals surface area contributed by atoms with Crippen LogP contribution >= 0.6 is 23.1 Å². The van der Waals surface area contributed by atoms with E-state index in [4.69, 9.17) is 0 Å². The van der Waals surface area contributed by atoms with Crippen LogP contribution in [-0.2, 0) is 16.7 Å². The van der Waals surface area contributed by atoms with Crippen LogP contribution < -0.4 is 4.72 Å². The Kier molecular flexibility index (Phi) is 6.22. The van der Waals surface area contributed by atoms with E-state index >= 15 is 0 Å². The molecule has 4 nitrogen and oxygen atoms in total. The highest BCUT2D eigenvalue weighted by Gasteiger charge is 2.14. The van der Waals surface area contributed by atoms with Gasteiger partial charge in [-0.25, -0.2) is 9.00 Å². The average molecular weight is 454 g/mol.